The lowest BCUT2D eigenvalue weighted by atomic mass is 10.0. The van der Waals surface area contributed by atoms with E-state index >= 15 is 0 Å². The van der Waals surface area contributed by atoms with E-state index in [1.807, 2.05) is 0 Å². The molecule has 0 amide bonds. The highest BCUT2D eigenvalue weighted by Gasteiger charge is 2.25. The number of carbonyl (C=O) groups excluding carboxylic acids is 1. The molecular weight excluding hydrogens is 854 g/mol. The molecule has 2 unspecified atom stereocenters. The van der Waals surface area contributed by atoms with E-state index in [1.165, 1.54) is 199 Å². The summed E-state index contributed by atoms with van der Waals surface area (Å²) in [6.07, 6.45) is 68.8. The Morgan fingerprint density at radius 3 is 1.25 bits per heavy atom. The number of phosphoric acid groups is 1. The summed E-state index contributed by atoms with van der Waals surface area (Å²) in [6, 6.07) is 0. The van der Waals surface area contributed by atoms with Gasteiger partial charge in [-0.2, -0.15) is 0 Å². The van der Waals surface area contributed by atoms with E-state index in [4.69, 9.17) is 24.3 Å². The van der Waals surface area contributed by atoms with Gasteiger partial charge in [0.25, 0.3) is 0 Å². The van der Waals surface area contributed by atoms with Crippen LogP contribution < -0.4 is 5.73 Å². The number of hydrogen-bond donors (Lipinski definition) is 2. The van der Waals surface area contributed by atoms with E-state index in [1.54, 1.807) is 0 Å². The fourth-order valence-corrected chi connectivity index (χ4v) is 9.11. The third-order valence-electron chi connectivity index (χ3n) is 12.5. The minimum absolute atomic E-state index is 0.0948. The van der Waals surface area contributed by atoms with Crippen molar-refractivity contribution in [1.82, 2.24) is 0 Å². The van der Waals surface area contributed by atoms with Gasteiger partial charge in [-0.05, 0) is 51.4 Å². The fourth-order valence-electron chi connectivity index (χ4n) is 8.34. The number of rotatable bonds is 55. The number of phosphoric ester groups is 1. The Balaban J connectivity index is 3.86. The van der Waals surface area contributed by atoms with E-state index in [0.29, 0.717) is 13.0 Å². The highest BCUT2D eigenvalue weighted by Crippen LogP contribution is 2.43. The van der Waals surface area contributed by atoms with Crippen molar-refractivity contribution in [3.63, 3.8) is 0 Å². The molecule has 8 nitrogen and oxygen atoms in total. The van der Waals surface area contributed by atoms with Crippen molar-refractivity contribution in [2.75, 3.05) is 33.0 Å². The van der Waals surface area contributed by atoms with Crippen LogP contribution in [0.1, 0.15) is 277 Å². The Bertz CT molecular complexity index is 1170. The maximum atomic E-state index is 12.7. The average Bonchev–Trinajstić information content (AvgIpc) is 3.32. The van der Waals surface area contributed by atoms with Gasteiger partial charge in [0.2, 0.25) is 0 Å². The first-order chi connectivity index (χ1) is 32.9. The van der Waals surface area contributed by atoms with Gasteiger partial charge >= 0.3 is 13.8 Å². The van der Waals surface area contributed by atoms with Crippen LogP contribution in [0.25, 0.3) is 0 Å². The highest BCUT2D eigenvalue weighted by atomic mass is 31.2. The summed E-state index contributed by atoms with van der Waals surface area (Å²) < 4.78 is 33.7. The molecule has 0 saturated carbocycles. The van der Waals surface area contributed by atoms with E-state index in [0.717, 1.165) is 57.8 Å². The summed E-state index contributed by atoms with van der Waals surface area (Å²) in [5, 5.41) is 0. The topological polar surface area (TPSA) is 117 Å². The second-order valence-electron chi connectivity index (χ2n) is 19.1. The van der Waals surface area contributed by atoms with Crippen LogP contribution in [0.2, 0.25) is 0 Å². The molecule has 0 aliphatic rings. The van der Waals surface area contributed by atoms with Crippen molar-refractivity contribution >= 4 is 13.8 Å². The Morgan fingerprint density at radius 1 is 0.463 bits per heavy atom. The largest absolute Gasteiger partial charge is 0.472 e. The van der Waals surface area contributed by atoms with Crippen molar-refractivity contribution in [2.45, 2.75) is 283 Å². The molecule has 0 aromatic heterocycles. The Morgan fingerprint density at radius 2 is 0.836 bits per heavy atom. The standard InChI is InChI=1S/C58H110NO7P/c1-3-5-7-9-11-13-15-17-19-21-23-25-27-28-29-31-33-35-37-39-41-43-45-47-49-51-58(60)66-57(56-65-67(61,62)64-54-52-59)55-63-53-50-48-46-44-42-40-38-36-34-32-30-26-24-22-20-18-16-14-12-10-8-6-4-2/h5,7,11,13,17,19,23,25,57H,3-4,6,8-10,12,14-16,18,20-22,24,26-56,59H2,1-2H3,(H,61,62)/b7-5-,13-11-,19-17-,25-23-. The third kappa shape index (κ3) is 55.3. The summed E-state index contributed by atoms with van der Waals surface area (Å²) >= 11 is 0. The molecule has 0 radical (unpaired) electrons. The lowest BCUT2D eigenvalue weighted by Gasteiger charge is -2.20. The molecule has 2 atom stereocenters. The molecule has 67 heavy (non-hydrogen) atoms. The van der Waals surface area contributed by atoms with Gasteiger partial charge in [0.15, 0.2) is 0 Å². The molecule has 0 heterocycles. The minimum Gasteiger partial charge on any atom is -0.457 e. The van der Waals surface area contributed by atoms with Crippen LogP contribution in [0, 0.1) is 0 Å². The van der Waals surface area contributed by atoms with Crippen LogP contribution in [0.15, 0.2) is 48.6 Å². The lowest BCUT2D eigenvalue weighted by molar-refractivity contribution is -0.154. The van der Waals surface area contributed by atoms with E-state index in [-0.39, 0.29) is 32.3 Å². The number of ether oxygens (including phenoxy) is 2. The maximum absolute atomic E-state index is 12.7. The predicted molar refractivity (Wildman–Crippen MR) is 289 cm³/mol. The van der Waals surface area contributed by atoms with Gasteiger partial charge in [0, 0.05) is 19.6 Å². The number of nitrogens with two attached hydrogens (primary N) is 1. The predicted octanol–water partition coefficient (Wildman–Crippen LogP) is 18.3. The summed E-state index contributed by atoms with van der Waals surface area (Å²) in [5.41, 5.74) is 5.40. The first kappa shape index (κ1) is 65.5. The smallest absolute Gasteiger partial charge is 0.457 e. The molecule has 9 heteroatoms. The molecule has 0 saturated heterocycles. The van der Waals surface area contributed by atoms with Gasteiger partial charge in [-0.1, -0.05) is 268 Å². The third-order valence-corrected chi connectivity index (χ3v) is 13.5. The number of allylic oxidation sites excluding steroid dienone is 8. The first-order valence-corrected chi connectivity index (χ1v) is 30.1. The average molecular weight is 964 g/mol. The minimum atomic E-state index is -4.29. The van der Waals surface area contributed by atoms with Crippen LogP contribution in [-0.4, -0.2) is 49.9 Å². The molecule has 0 rings (SSSR count). The molecule has 394 valence electrons. The van der Waals surface area contributed by atoms with Crippen molar-refractivity contribution in [1.29, 1.82) is 0 Å². The van der Waals surface area contributed by atoms with Gasteiger partial charge in [0.1, 0.15) is 6.10 Å². The normalized spacial score (nSPS) is 13.6. The van der Waals surface area contributed by atoms with E-state index < -0.39 is 13.9 Å². The molecular formula is C58H110NO7P. The van der Waals surface area contributed by atoms with E-state index in [9.17, 15) is 14.3 Å². The zero-order valence-electron chi connectivity index (χ0n) is 44.1. The van der Waals surface area contributed by atoms with Crippen LogP contribution in [0.3, 0.4) is 0 Å². The van der Waals surface area contributed by atoms with Crippen molar-refractivity contribution in [3.05, 3.63) is 48.6 Å². The fraction of sp³-hybridized carbons (Fsp3) is 0.845. The van der Waals surface area contributed by atoms with Gasteiger partial charge in [0.05, 0.1) is 19.8 Å². The molecule has 3 N–H and O–H groups in total. The van der Waals surface area contributed by atoms with Crippen molar-refractivity contribution in [2.24, 2.45) is 5.73 Å². The van der Waals surface area contributed by atoms with Gasteiger partial charge in [-0.3, -0.25) is 13.8 Å². The molecule has 0 aromatic rings. The van der Waals surface area contributed by atoms with Crippen molar-refractivity contribution in [3.8, 4) is 0 Å². The number of esters is 1. The monoisotopic (exact) mass is 964 g/mol. The Labute approximate surface area is 415 Å². The zero-order chi connectivity index (χ0) is 48.7. The number of hydrogen-bond acceptors (Lipinski definition) is 7. The molecule has 0 aromatic carbocycles. The molecule has 0 spiro atoms. The molecule has 0 bridgehead atoms. The molecule has 0 fully saturated rings. The Hall–Kier alpha value is -1.54. The first-order valence-electron chi connectivity index (χ1n) is 28.6. The molecule has 0 aliphatic carbocycles. The van der Waals surface area contributed by atoms with Gasteiger partial charge in [-0.25, -0.2) is 4.57 Å². The highest BCUT2D eigenvalue weighted by molar-refractivity contribution is 7.47. The lowest BCUT2D eigenvalue weighted by Crippen LogP contribution is -2.28. The van der Waals surface area contributed by atoms with Crippen LogP contribution in [0.5, 0.6) is 0 Å². The number of unbranched alkanes of at least 4 members (excludes halogenated alkanes) is 34. The van der Waals surface area contributed by atoms with Crippen LogP contribution >= 0.6 is 7.82 Å². The summed E-state index contributed by atoms with van der Waals surface area (Å²) in [5.74, 6) is -0.328. The summed E-state index contributed by atoms with van der Waals surface area (Å²) in [7, 11) is -4.29. The summed E-state index contributed by atoms with van der Waals surface area (Å²) in [4.78, 5) is 22.7. The summed E-state index contributed by atoms with van der Waals surface area (Å²) in [6.45, 7) is 4.87. The van der Waals surface area contributed by atoms with Crippen molar-refractivity contribution < 1.29 is 32.8 Å². The second-order valence-corrected chi connectivity index (χ2v) is 20.6. The Kier molecular flexibility index (Phi) is 54.1. The maximum Gasteiger partial charge on any atom is 0.472 e. The quantitative estimate of drug-likeness (QED) is 0.0268. The number of carbonyl (C=O) groups is 1. The SMILES string of the molecule is CC/C=C\C/C=C\C/C=C\C/C=C\CCCCCCCCCCCCCCC(=O)OC(COCCCCCCCCCCCCCCCCCCCCCCCCC)COP(=O)(O)OCCN. The molecule has 0 aliphatic heterocycles. The van der Waals surface area contributed by atoms with E-state index in [2.05, 4.69) is 62.5 Å². The van der Waals surface area contributed by atoms with Crippen LogP contribution in [0.4, 0.5) is 0 Å². The zero-order valence-corrected chi connectivity index (χ0v) is 45.0. The van der Waals surface area contributed by atoms with Crippen LogP contribution in [-0.2, 0) is 27.9 Å². The van der Waals surface area contributed by atoms with Gasteiger partial charge in [-0.15, -0.1) is 0 Å². The van der Waals surface area contributed by atoms with Gasteiger partial charge < -0.3 is 20.1 Å². The second kappa shape index (κ2) is 55.4.